The predicted octanol–water partition coefficient (Wildman–Crippen LogP) is 5.02. The van der Waals surface area contributed by atoms with E-state index in [1.165, 1.54) is 0 Å². The second kappa shape index (κ2) is 9.32. The molecule has 3 aromatic rings. The molecule has 0 saturated carbocycles. The number of carbonyl (C=O) groups is 2. The Morgan fingerprint density at radius 1 is 1.13 bits per heavy atom. The number of aromatic nitrogens is 1. The first-order chi connectivity index (χ1) is 14.6. The van der Waals surface area contributed by atoms with Crippen LogP contribution in [0.2, 0.25) is 5.02 Å². The lowest BCUT2D eigenvalue weighted by atomic mass is 10.1. The highest BCUT2D eigenvalue weighted by Crippen LogP contribution is 2.28. The minimum Gasteiger partial charge on any atom is -0.326 e. The standard InChI is InChI=1S/C23H20ClN3O2S/c24-18-3-7-20(8-4-18)27-14-17(12-22(27)28)23(29)26-19-5-9-21(10-6-19)30-15-16-2-1-11-25-13-16/h1-11,13,17H,12,14-15H2,(H,26,29). The summed E-state index contributed by atoms with van der Waals surface area (Å²) in [5, 5.41) is 3.54. The summed E-state index contributed by atoms with van der Waals surface area (Å²) in [6.45, 7) is 0.366. The molecule has 0 aliphatic carbocycles. The molecule has 1 aliphatic rings. The number of hydrogen-bond donors (Lipinski definition) is 1. The first kappa shape index (κ1) is 20.4. The van der Waals surface area contributed by atoms with Gasteiger partial charge in [-0.3, -0.25) is 14.6 Å². The lowest BCUT2D eigenvalue weighted by molar-refractivity contribution is -0.122. The molecule has 1 aliphatic heterocycles. The smallest absolute Gasteiger partial charge is 0.229 e. The predicted molar refractivity (Wildman–Crippen MR) is 121 cm³/mol. The number of rotatable bonds is 6. The van der Waals surface area contributed by atoms with Crippen LogP contribution in [0.4, 0.5) is 11.4 Å². The van der Waals surface area contributed by atoms with Crippen molar-refractivity contribution in [3.8, 4) is 0 Å². The molecule has 30 heavy (non-hydrogen) atoms. The molecular formula is C23H20ClN3O2S. The van der Waals surface area contributed by atoms with Crippen molar-refractivity contribution in [2.24, 2.45) is 5.92 Å². The lowest BCUT2D eigenvalue weighted by Gasteiger charge is -2.16. The maximum absolute atomic E-state index is 12.7. The zero-order valence-corrected chi connectivity index (χ0v) is 17.7. The highest BCUT2D eigenvalue weighted by molar-refractivity contribution is 7.98. The van der Waals surface area contributed by atoms with E-state index in [2.05, 4.69) is 10.3 Å². The van der Waals surface area contributed by atoms with E-state index in [-0.39, 0.29) is 24.2 Å². The van der Waals surface area contributed by atoms with Crippen molar-refractivity contribution in [2.75, 3.05) is 16.8 Å². The third-order valence-corrected chi connectivity index (χ3v) is 6.22. The van der Waals surface area contributed by atoms with E-state index in [0.29, 0.717) is 11.6 Å². The SMILES string of the molecule is O=C(Nc1ccc(SCc2cccnc2)cc1)C1CC(=O)N(c2ccc(Cl)cc2)C1. The molecule has 0 radical (unpaired) electrons. The van der Waals surface area contributed by atoms with Gasteiger partial charge in [0.2, 0.25) is 11.8 Å². The van der Waals surface area contributed by atoms with E-state index in [4.69, 9.17) is 11.6 Å². The minimum absolute atomic E-state index is 0.0559. The molecule has 2 heterocycles. The molecule has 1 unspecified atom stereocenters. The summed E-state index contributed by atoms with van der Waals surface area (Å²) in [4.78, 5) is 31.9. The van der Waals surface area contributed by atoms with Gasteiger partial charge in [-0.05, 0) is 60.2 Å². The van der Waals surface area contributed by atoms with Crippen molar-refractivity contribution in [3.63, 3.8) is 0 Å². The summed E-state index contributed by atoms with van der Waals surface area (Å²) < 4.78 is 0. The Morgan fingerprint density at radius 2 is 1.90 bits per heavy atom. The quantitative estimate of drug-likeness (QED) is 0.550. The van der Waals surface area contributed by atoms with E-state index in [9.17, 15) is 9.59 Å². The van der Waals surface area contributed by atoms with Crippen LogP contribution in [0, 0.1) is 5.92 Å². The Labute approximate surface area is 184 Å². The third-order valence-electron chi connectivity index (χ3n) is 4.88. The molecule has 1 fully saturated rings. The topological polar surface area (TPSA) is 62.3 Å². The number of pyridine rings is 1. The highest BCUT2D eigenvalue weighted by atomic mass is 35.5. The van der Waals surface area contributed by atoms with Crippen LogP contribution in [-0.2, 0) is 15.3 Å². The minimum atomic E-state index is -0.382. The van der Waals surface area contributed by atoms with E-state index < -0.39 is 0 Å². The molecule has 0 spiro atoms. The molecule has 0 bridgehead atoms. The highest BCUT2D eigenvalue weighted by Gasteiger charge is 2.35. The average Bonchev–Trinajstić information content (AvgIpc) is 3.16. The number of nitrogens with one attached hydrogen (secondary N) is 1. The first-order valence-corrected chi connectivity index (χ1v) is 10.9. The maximum atomic E-state index is 12.7. The zero-order chi connectivity index (χ0) is 20.9. The summed E-state index contributed by atoms with van der Waals surface area (Å²) in [6.07, 6.45) is 3.82. The summed E-state index contributed by atoms with van der Waals surface area (Å²) in [5.74, 6) is 0.257. The molecular weight excluding hydrogens is 418 g/mol. The molecule has 1 N–H and O–H groups in total. The molecule has 152 valence electrons. The van der Waals surface area contributed by atoms with Gasteiger partial charge in [-0.2, -0.15) is 0 Å². The summed E-state index contributed by atoms with van der Waals surface area (Å²) in [6, 6.07) is 18.8. The van der Waals surface area contributed by atoms with Gasteiger partial charge in [0.25, 0.3) is 0 Å². The second-order valence-corrected chi connectivity index (χ2v) is 8.53. The van der Waals surface area contributed by atoms with Crippen molar-refractivity contribution >= 4 is 46.6 Å². The monoisotopic (exact) mass is 437 g/mol. The lowest BCUT2D eigenvalue weighted by Crippen LogP contribution is -2.28. The number of carbonyl (C=O) groups excluding carboxylic acids is 2. The van der Waals surface area contributed by atoms with Crippen LogP contribution in [-0.4, -0.2) is 23.3 Å². The summed E-state index contributed by atoms with van der Waals surface area (Å²) in [5.41, 5.74) is 2.65. The fourth-order valence-corrected chi connectivity index (χ4v) is 4.24. The van der Waals surface area contributed by atoms with Gasteiger partial charge in [0, 0.05) is 52.4 Å². The van der Waals surface area contributed by atoms with Crippen molar-refractivity contribution in [2.45, 2.75) is 17.1 Å². The molecule has 2 amide bonds. The normalized spacial score (nSPS) is 16.0. The summed E-state index contributed by atoms with van der Waals surface area (Å²) in [7, 11) is 0. The van der Waals surface area contributed by atoms with Gasteiger partial charge in [-0.25, -0.2) is 0 Å². The van der Waals surface area contributed by atoms with Gasteiger partial charge in [0.15, 0.2) is 0 Å². The van der Waals surface area contributed by atoms with E-state index in [1.54, 1.807) is 47.1 Å². The Morgan fingerprint density at radius 3 is 2.60 bits per heavy atom. The number of nitrogens with zero attached hydrogens (tertiary/aromatic N) is 2. The van der Waals surface area contributed by atoms with Crippen LogP contribution in [0.3, 0.4) is 0 Å². The van der Waals surface area contributed by atoms with Crippen LogP contribution >= 0.6 is 23.4 Å². The number of amides is 2. The Bertz CT molecular complexity index is 1030. The number of halogens is 1. The average molecular weight is 438 g/mol. The van der Waals surface area contributed by atoms with Gasteiger partial charge in [0.05, 0.1) is 5.92 Å². The van der Waals surface area contributed by atoms with Crippen molar-refractivity contribution in [1.82, 2.24) is 4.98 Å². The van der Waals surface area contributed by atoms with Gasteiger partial charge in [0.1, 0.15) is 0 Å². The number of benzene rings is 2. The van der Waals surface area contributed by atoms with Crippen LogP contribution in [0.5, 0.6) is 0 Å². The Kier molecular flexibility index (Phi) is 6.35. The van der Waals surface area contributed by atoms with Crippen LogP contribution in [0.25, 0.3) is 0 Å². The molecule has 1 atom stereocenters. The number of anilines is 2. The molecule has 1 aromatic heterocycles. The third kappa shape index (κ3) is 5.01. The Balaban J connectivity index is 1.32. The maximum Gasteiger partial charge on any atom is 0.229 e. The number of hydrogen-bond acceptors (Lipinski definition) is 4. The van der Waals surface area contributed by atoms with Crippen molar-refractivity contribution in [1.29, 1.82) is 0 Å². The van der Waals surface area contributed by atoms with Crippen LogP contribution in [0.15, 0.2) is 78.0 Å². The molecule has 5 nitrogen and oxygen atoms in total. The molecule has 7 heteroatoms. The van der Waals surface area contributed by atoms with Gasteiger partial charge in [-0.15, -0.1) is 11.8 Å². The summed E-state index contributed by atoms with van der Waals surface area (Å²) >= 11 is 7.63. The zero-order valence-electron chi connectivity index (χ0n) is 16.1. The van der Waals surface area contributed by atoms with Gasteiger partial charge >= 0.3 is 0 Å². The number of thioether (sulfide) groups is 1. The van der Waals surface area contributed by atoms with Crippen LogP contribution in [0.1, 0.15) is 12.0 Å². The fourth-order valence-electron chi connectivity index (χ4n) is 3.28. The molecule has 2 aromatic carbocycles. The van der Waals surface area contributed by atoms with E-state index >= 15 is 0 Å². The largest absolute Gasteiger partial charge is 0.326 e. The van der Waals surface area contributed by atoms with Crippen LogP contribution < -0.4 is 10.2 Å². The molecule has 4 rings (SSSR count). The van der Waals surface area contributed by atoms with Crippen molar-refractivity contribution in [3.05, 3.63) is 83.6 Å². The van der Waals surface area contributed by atoms with E-state index in [0.717, 1.165) is 27.6 Å². The Hall–Kier alpha value is -2.83. The first-order valence-electron chi connectivity index (χ1n) is 9.57. The van der Waals surface area contributed by atoms with Gasteiger partial charge < -0.3 is 10.2 Å². The van der Waals surface area contributed by atoms with Crippen molar-refractivity contribution < 1.29 is 9.59 Å². The van der Waals surface area contributed by atoms with E-state index in [1.807, 2.05) is 42.6 Å². The second-order valence-electron chi connectivity index (χ2n) is 7.05. The fraction of sp³-hybridized carbons (Fsp3) is 0.174. The molecule has 1 saturated heterocycles. The van der Waals surface area contributed by atoms with Gasteiger partial charge in [-0.1, -0.05) is 17.7 Å².